The van der Waals surface area contributed by atoms with Crippen LogP contribution in [0, 0.1) is 6.92 Å². The molecule has 0 bridgehead atoms. The van der Waals surface area contributed by atoms with Crippen LogP contribution in [0.5, 0.6) is 0 Å². The van der Waals surface area contributed by atoms with Crippen molar-refractivity contribution in [2.45, 2.75) is 19.6 Å². The molecule has 0 amide bonds. The molecule has 0 unspecified atom stereocenters. The van der Waals surface area contributed by atoms with Gasteiger partial charge in [0.15, 0.2) is 0 Å². The van der Waals surface area contributed by atoms with Crippen LogP contribution in [0.2, 0.25) is 0 Å². The molecule has 2 rings (SSSR count). The summed E-state index contributed by atoms with van der Waals surface area (Å²) in [5.41, 5.74) is 9.62. The van der Waals surface area contributed by atoms with Gasteiger partial charge in [-0.2, -0.15) is 0 Å². The van der Waals surface area contributed by atoms with E-state index in [0.717, 1.165) is 5.56 Å². The Hall–Kier alpha value is -1.64. The summed E-state index contributed by atoms with van der Waals surface area (Å²) in [6.45, 7) is 3.24. The molecule has 0 radical (unpaired) electrons. The molecular formula is C16H19NO. The Morgan fingerprint density at radius 2 is 1.83 bits per heavy atom. The van der Waals surface area contributed by atoms with E-state index in [1.807, 2.05) is 36.4 Å². The lowest BCUT2D eigenvalue weighted by Gasteiger charge is -2.12. The standard InChI is InChI=1S/C16H19NO/c1-13-6-5-7-14(10-13)11-18-12-16(17)15-8-3-2-4-9-15/h2-10,16H,11-12,17H2,1H3/t16-/m1/s1. The second kappa shape index (κ2) is 6.34. The first-order valence-electron chi connectivity index (χ1n) is 6.19. The third-order valence-corrected chi connectivity index (χ3v) is 2.88. The summed E-state index contributed by atoms with van der Waals surface area (Å²) in [6, 6.07) is 18.3. The van der Waals surface area contributed by atoms with E-state index in [1.165, 1.54) is 11.1 Å². The second-order valence-corrected chi connectivity index (χ2v) is 4.52. The Balaban J connectivity index is 1.82. The minimum atomic E-state index is -0.0593. The number of hydrogen-bond donors (Lipinski definition) is 1. The molecule has 2 nitrogen and oxygen atoms in total. The lowest BCUT2D eigenvalue weighted by molar-refractivity contribution is 0.108. The quantitative estimate of drug-likeness (QED) is 0.872. The summed E-state index contributed by atoms with van der Waals surface area (Å²) in [5.74, 6) is 0. The summed E-state index contributed by atoms with van der Waals surface area (Å²) in [5, 5.41) is 0. The monoisotopic (exact) mass is 241 g/mol. The molecular weight excluding hydrogens is 222 g/mol. The van der Waals surface area contributed by atoms with Crippen molar-refractivity contribution in [1.29, 1.82) is 0 Å². The van der Waals surface area contributed by atoms with Crippen molar-refractivity contribution < 1.29 is 4.74 Å². The van der Waals surface area contributed by atoms with Crippen LogP contribution in [-0.4, -0.2) is 6.61 Å². The number of nitrogens with two attached hydrogens (primary N) is 1. The van der Waals surface area contributed by atoms with Gasteiger partial charge in [0.25, 0.3) is 0 Å². The van der Waals surface area contributed by atoms with Crippen molar-refractivity contribution in [3.63, 3.8) is 0 Å². The van der Waals surface area contributed by atoms with Crippen molar-refractivity contribution in [1.82, 2.24) is 0 Å². The average molecular weight is 241 g/mol. The minimum Gasteiger partial charge on any atom is -0.375 e. The lowest BCUT2D eigenvalue weighted by atomic mass is 10.1. The third kappa shape index (κ3) is 3.69. The maximum absolute atomic E-state index is 6.06. The molecule has 0 saturated carbocycles. The molecule has 2 heteroatoms. The van der Waals surface area contributed by atoms with Gasteiger partial charge in [-0.3, -0.25) is 0 Å². The van der Waals surface area contributed by atoms with Gasteiger partial charge in [0.05, 0.1) is 19.3 Å². The van der Waals surface area contributed by atoms with Crippen molar-refractivity contribution in [3.8, 4) is 0 Å². The fourth-order valence-corrected chi connectivity index (χ4v) is 1.90. The smallest absolute Gasteiger partial charge is 0.0717 e. The summed E-state index contributed by atoms with van der Waals surface area (Å²) in [7, 11) is 0. The van der Waals surface area contributed by atoms with Crippen molar-refractivity contribution in [3.05, 3.63) is 71.3 Å². The van der Waals surface area contributed by atoms with Crippen LogP contribution in [0.15, 0.2) is 54.6 Å². The molecule has 94 valence electrons. The fraction of sp³-hybridized carbons (Fsp3) is 0.250. The molecule has 2 aromatic rings. The van der Waals surface area contributed by atoms with E-state index in [9.17, 15) is 0 Å². The van der Waals surface area contributed by atoms with Crippen LogP contribution in [0.1, 0.15) is 22.7 Å². The first kappa shape index (κ1) is 12.8. The molecule has 2 N–H and O–H groups in total. The van der Waals surface area contributed by atoms with Crippen LogP contribution < -0.4 is 5.73 Å². The summed E-state index contributed by atoms with van der Waals surface area (Å²) >= 11 is 0. The number of rotatable bonds is 5. The van der Waals surface area contributed by atoms with Crippen LogP contribution in [0.4, 0.5) is 0 Å². The van der Waals surface area contributed by atoms with Gasteiger partial charge in [-0.05, 0) is 18.1 Å². The van der Waals surface area contributed by atoms with Crippen molar-refractivity contribution >= 4 is 0 Å². The minimum absolute atomic E-state index is 0.0593. The molecule has 0 fully saturated rings. The largest absolute Gasteiger partial charge is 0.375 e. The molecule has 0 spiro atoms. The fourth-order valence-electron chi connectivity index (χ4n) is 1.90. The highest BCUT2D eigenvalue weighted by Crippen LogP contribution is 2.11. The van der Waals surface area contributed by atoms with E-state index in [-0.39, 0.29) is 6.04 Å². The Morgan fingerprint density at radius 1 is 1.06 bits per heavy atom. The molecule has 0 aliphatic carbocycles. The Bertz CT molecular complexity index is 481. The number of benzene rings is 2. The van der Waals surface area contributed by atoms with Crippen LogP contribution in [0.3, 0.4) is 0 Å². The van der Waals surface area contributed by atoms with Crippen molar-refractivity contribution in [2.24, 2.45) is 5.73 Å². The molecule has 18 heavy (non-hydrogen) atoms. The molecule has 0 aliphatic heterocycles. The van der Waals surface area contributed by atoms with Crippen LogP contribution in [0.25, 0.3) is 0 Å². The highest BCUT2D eigenvalue weighted by Gasteiger charge is 2.05. The van der Waals surface area contributed by atoms with Gasteiger partial charge in [0.1, 0.15) is 0 Å². The summed E-state index contributed by atoms with van der Waals surface area (Å²) in [4.78, 5) is 0. The second-order valence-electron chi connectivity index (χ2n) is 4.52. The maximum Gasteiger partial charge on any atom is 0.0717 e. The SMILES string of the molecule is Cc1cccc(COC[C@@H](N)c2ccccc2)c1. The van der Waals surface area contributed by atoms with Gasteiger partial charge >= 0.3 is 0 Å². The van der Waals surface area contributed by atoms with E-state index in [2.05, 4.69) is 25.1 Å². The van der Waals surface area contributed by atoms with E-state index in [4.69, 9.17) is 10.5 Å². The number of aryl methyl sites for hydroxylation is 1. The lowest BCUT2D eigenvalue weighted by Crippen LogP contribution is -2.16. The highest BCUT2D eigenvalue weighted by atomic mass is 16.5. The Labute approximate surface area is 108 Å². The predicted octanol–water partition coefficient (Wildman–Crippen LogP) is 3.21. The van der Waals surface area contributed by atoms with Gasteiger partial charge in [0, 0.05) is 0 Å². The Kier molecular flexibility index (Phi) is 4.51. The first-order valence-corrected chi connectivity index (χ1v) is 6.19. The van der Waals surface area contributed by atoms with Crippen LogP contribution in [-0.2, 0) is 11.3 Å². The van der Waals surface area contributed by atoms with Gasteiger partial charge in [-0.15, -0.1) is 0 Å². The number of ether oxygens (including phenoxy) is 1. The van der Waals surface area contributed by atoms with E-state index in [0.29, 0.717) is 13.2 Å². The zero-order valence-electron chi connectivity index (χ0n) is 10.7. The molecule has 2 aromatic carbocycles. The first-order chi connectivity index (χ1) is 8.75. The molecule has 0 aliphatic rings. The van der Waals surface area contributed by atoms with Gasteiger partial charge in [-0.25, -0.2) is 0 Å². The normalized spacial score (nSPS) is 12.3. The number of hydrogen-bond acceptors (Lipinski definition) is 2. The average Bonchev–Trinajstić information content (AvgIpc) is 2.40. The topological polar surface area (TPSA) is 35.2 Å². The van der Waals surface area contributed by atoms with E-state index >= 15 is 0 Å². The van der Waals surface area contributed by atoms with Gasteiger partial charge < -0.3 is 10.5 Å². The summed E-state index contributed by atoms with van der Waals surface area (Å²) in [6.07, 6.45) is 0. The van der Waals surface area contributed by atoms with E-state index < -0.39 is 0 Å². The molecule has 1 atom stereocenters. The van der Waals surface area contributed by atoms with Gasteiger partial charge in [0.2, 0.25) is 0 Å². The molecule has 0 heterocycles. The Morgan fingerprint density at radius 3 is 2.56 bits per heavy atom. The summed E-state index contributed by atoms with van der Waals surface area (Å²) < 4.78 is 5.67. The van der Waals surface area contributed by atoms with Gasteiger partial charge in [-0.1, -0.05) is 60.2 Å². The predicted molar refractivity (Wildman–Crippen MR) is 74.2 cm³/mol. The molecule has 0 aromatic heterocycles. The zero-order chi connectivity index (χ0) is 12.8. The van der Waals surface area contributed by atoms with Crippen molar-refractivity contribution in [2.75, 3.05) is 6.61 Å². The third-order valence-electron chi connectivity index (χ3n) is 2.88. The maximum atomic E-state index is 6.06. The molecule has 0 saturated heterocycles. The van der Waals surface area contributed by atoms with E-state index in [1.54, 1.807) is 0 Å². The highest BCUT2D eigenvalue weighted by molar-refractivity contribution is 5.21. The zero-order valence-corrected chi connectivity index (χ0v) is 10.7. The van der Waals surface area contributed by atoms with Crippen LogP contribution >= 0.6 is 0 Å².